The van der Waals surface area contributed by atoms with Crippen molar-refractivity contribution in [3.8, 4) is 0 Å². The Morgan fingerprint density at radius 1 is 1.45 bits per heavy atom. The molecule has 1 aliphatic heterocycles. The molecule has 0 aromatic heterocycles. The summed E-state index contributed by atoms with van der Waals surface area (Å²) in [7, 11) is 1.96. The Bertz CT molecular complexity index is 459. The molecular weight excluding hydrogens is 276 g/mol. The summed E-state index contributed by atoms with van der Waals surface area (Å²) in [6, 6.07) is 5.77. The smallest absolute Gasteiger partial charge is 0.0865 e. The average Bonchev–Trinajstić information content (AvgIpc) is 2.38. The maximum Gasteiger partial charge on any atom is 0.0865 e. The minimum absolute atomic E-state index is 0.0819. The third-order valence-electron chi connectivity index (χ3n) is 3.87. The quantitative estimate of drug-likeness (QED) is 0.896. The topological polar surface area (TPSA) is 58.7 Å². The average molecular weight is 299 g/mol. The summed E-state index contributed by atoms with van der Waals surface area (Å²) in [6.07, 6.45) is 1.34. The van der Waals surface area contributed by atoms with Crippen molar-refractivity contribution >= 4 is 17.3 Å². The number of benzene rings is 1. The van der Waals surface area contributed by atoms with Crippen molar-refractivity contribution in [2.45, 2.75) is 31.4 Å². The van der Waals surface area contributed by atoms with E-state index >= 15 is 0 Å². The van der Waals surface area contributed by atoms with E-state index in [1.54, 1.807) is 0 Å². The fraction of sp³-hybridized carbons (Fsp3) is 0.600. The fourth-order valence-electron chi connectivity index (χ4n) is 2.57. The monoisotopic (exact) mass is 298 g/mol. The lowest BCUT2D eigenvalue weighted by atomic mass is 9.93. The largest absolute Gasteiger partial charge is 0.388 e. The van der Waals surface area contributed by atoms with E-state index in [-0.39, 0.29) is 6.04 Å². The molecule has 1 saturated heterocycles. The first-order valence-electron chi connectivity index (χ1n) is 6.98. The highest BCUT2D eigenvalue weighted by molar-refractivity contribution is 6.31. The van der Waals surface area contributed by atoms with Crippen molar-refractivity contribution in [3.63, 3.8) is 0 Å². The molecule has 1 atom stereocenters. The molecule has 1 aliphatic rings. The number of nitrogens with two attached hydrogens (primary N) is 1. The molecule has 1 aromatic carbocycles. The van der Waals surface area contributed by atoms with Crippen LogP contribution in [-0.2, 0) is 4.74 Å². The van der Waals surface area contributed by atoms with Gasteiger partial charge in [-0.3, -0.25) is 0 Å². The predicted molar refractivity (Wildman–Crippen MR) is 82.3 cm³/mol. The normalized spacial score (nSPS) is 19.6. The molecule has 0 radical (unpaired) electrons. The molecule has 1 unspecified atom stereocenters. The lowest BCUT2D eigenvalue weighted by molar-refractivity contribution is -0.0572. The fourth-order valence-corrected chi connectivity index (χ4v) is 2.91. The highest BCUT2D eigenvalue weighted by Crippen LogP contribution is 2.29. The highest BCUT2D eigenvalue weighted by Gasteiger charge is 2.31. The van der Waals surface area contributed by atoms with Crippen LogP contribution in [0.2, 0.25) is 5.02 Å². The number of aliphatic hydroxyl groups is 1. The molecule has 3 N–H and O–H groups in total. The van der Waals surface area contributed by atoms with Crippen molar-refractivity contribution < 1.29 is 9.84 Å². The van der Waals surface area contributed by atoms with E-state index in [2.05, 4.69) is 0 Å². The van der Waals surface area contributed by atoms with Crippen LogP contribution in [0.3, 0.4) is 0 Å². The zero-order chi connectivity index (χ0) is 14.8. The molecule has 0 saturated carbocycles. The molecule has 5 heteroatoms. The van der Waals surface area contributed by atoms with E-state index in [0.717, 1.165) is 11.3 Å². The molecule has 1 heterocycles. The van der Waals surface area contributed by atoms with E-state index in [1.165, 1.54) is 0 Å². The number of hydrogen-bond donors (Lipinski definition) is 2. The predicted octanol–water partition coefficient (Wildman–Crippen LogP) is 2.34. The molecule has 0 amide bonds. The van der Waals surface area contributed by atoms with Gasteiger partial charge in [0, 0.05) is 56.4 Å². The first-order chi connectivity index (χ1) is 9.41. The third-order valence-corrected chi connectivity index (χ3v) is 4.20. The standard InChI is InChI=1S/C15H23ClN2O2/c1-11(17)13-4-3-12(9-14(13)16)18(2)10-15(19)5-7-20-8-6-15/h3-4,9,11,19H,5-8,10,17H2,1-2H3. The number of rotatable bonds is 4. The second kappa shape index (κ2) is 6.31. The first kappa shape index (κ1) is 15.6. The molecular formula is C15H23ClN2O2. The minimum atomic E-state index is -0.681. The van der Waals surface area contributed by atoms with Gasteiger partial charge < -0.3 is 20.5 Å². The molecule has 4 nitrogen and oxygen atoms in total. The molecule has 112 valence electrons. The van der Waals surface area contributed by atoms with Crippen LogP contribution in [0.5, 0.6) is 0 Å². The summed E-state index contributed by atoms with van der Waals surface area (Å²) in [4.78, 5) is 2.03. The van der Waals surface area contributed by atoms with Gasteiger partial charge in [-0.2, -0.15) is 0 Å². The van der Waals surface area contributed by atoms with E-state index in [4.69, 9.17) is 22.1 Å². The second-order valence-corrected chi connectivity index (χ2v) is 6.09. The van der Waals surface area contributed by atoms with Gasteiger partial charge in [0.1, 0.15) is 0 Å². The van der Waals surface area contributed by atoms with Gasteiger partial charge in [-0.15, -0.1) is 0 Å². The van der Waals surface area contributed by atoms with Crippen molar-refractivity contribution in [1.82, 2.24) is 0 Å². The highest BCUT2D eigenvalue weighted by atomic mass is 35.5. The van der Waals surface area contributed by atoms with Gasteiger partial charge in [0.05, 0.1) is 5.60 Å². The zero-order valence-corrected chi connectivity index (χ0v) is 12.9. The van der Waals surface area contributed by atoms with Crippen LogP contribution >= 0.6 is 11.6 Å². The molecule has 1 fully saturated rings. The van der Waals surface area contributed by atoms with Gasteiger partial charge in [0.15, 0.2) is 0 Å². The summed E-state index contributed by atoms with van der Waals surface area (Å²) in [5.41, 5.74) is 7.10. The van der Waals surface area contributed by atoms with E-state index in [9.17, 15) is 5.11 Å². The maximum absolute atomic E-state index is 10.5. The Morgan fingerprint density at radius 2 is 2.10 bits per heavy atom. The van der Waals surface area contributed by atoms with Crippen LogP contribution in [0, 0.1) is 0 Å². The number of anilines is 1. The molecule has 0 spiro atoms. The Kier molecular flexibility index (Phi) is 4.91. The minimum Gasteiger partial charge on any atom is -0.388 e. The van der Waals surface area contributed by atoms with Crippen molar-refractivity contribution in [2.75, 3.05) is 31.7 Å². The van der Waals surface area contributed by atoms with Crippen LogP contribution in [0.25, 0.3) is 0 Å². The van der Waals surface area contributed by atoms with Gasteiger partial charge >= 0.3 is 0 Å². The van der Waals surface area contributed by atoms with Crippen molar-refractivity contribution in [3.05, 3.63) is 28.8 Å². The second-order valence-electron chi connectivity index (χ2n) is 5.69. The maximum atomic E-state index is 10.5. The third kappa shape index (κ3) is 3.64. The Balaban J connectivity index is 2.09. The van der Waals surface area contributed by atoms with Crippen molar-refractivity contribution in [1.29, 1.82) is 0 Å². The van der Waals surface area contributed by atoms with Gasteiger partial charge in [0.2, 0.25) is 0 Å². The number of nitrogens with zero attached hydrogens (tertiary/aromatic N) is 1. The van der Waals surface area contributed by atoms with E-state index in [0.29, 0.717) is 37.6 Å². The van der Waals surface area contributed by atoms with Gasteiger partial charge in [0.25, 0.3) is 0 Å². The van der Waals surface area contributed by atoms with Crippen LogP contribution < -0.4 is 10.6 Å². The van der Waals surface area contributed by atoms with Crippen molar-refractivity contribution in [2.24, 2.45) is 5.73 Å². The van der Waals surface area contributed by atoms with Crippen LogP contribution in [-0.4, -0.2) is 37.5 Å². The van der Waals surface area contributed by atoms with Gasteiger partial charge in [-0.1, -0.05) is 17.7 Å². The van der Waals surface area contributed by atoms with Crippen LogP contribution in [0.1, 0.15) is 31.4 Å². The van der Waals surface area contributed by atoms with E-state index < -0.39 is 5.60 Å². The lowest BCUT2D eigenvalue weighted by Gasteiger charge is -2.36. The Hall–Kier alpha value is -0.810. The zero-order valence-electron chi connectivity index (χ0n) is 12.1. The van der Waals surface area contributed by atoms with Crippen LogP contribution in [0.4, 0.5) is 5.69 Å². The van der Waals surface area contributed by atoms with Gasteiger partial charge in [-0.25, -0.2) is 0 Å². The number of ether oxygens (including phenoxy) is 1. The summed E-state index contributed by atoms with van der Waals surface area (Å²) in [5, 5.41) is 11.2. The summed E-state index contributed by atoms with van der Waals surface area (Å²) < 4.78 is 5.30. The number of likely N-dealkylation sites (N-methyl/N-ethyl adjacent to an activating group) is 1. The molecule has 1 aromatic rings. The first-order valence-corrected chi connectivity index (χ1v) is 7.35. The lowest BCUT2D eigenvalue weighted by Crippen LogP contribution is -2.45. The van der Waals surface area contributed by atoms with Crippen LogP contribution in [0.15, 0.2) is 18.2 Å². The molecule has 2 rings (SSSR count). The summed E-state index contributed by atoms with van der Waals surface area (Å²) >= 11 is 6.26. The molecule has 0 bridgehead atoms. The summed E-state index contributed by atoms with van der Waals surface area (Å²) in [5.74, 6) is 0. The van der Waals surface area contributed by atoms with E-state index in [1.807, 2.05) is 37.1 Å². The van der Waals surface area contributed by atoms with Gasteiger partial charge in [-0.05, 0) is 24.6 Å². The molecule has 0 aliphatic carbocycles. The SMILES string of the molecule is CC(N)c1ccc(N(C)CC2(O)CCOCC2)cc1Cl. The number of hydrogen-bond acceptors (Lipinski definition) is 4. The number of halogens is 1. The summed E-state index contributed by atoms with van der Waals surface area (Å²) in [6.45, 7) is 3.73. The Labute approximate surface area is 125 Å². The molecule has 20 heavy (non-hydrogen) atoms. The Morgan fingerprint density at radius 3 is 2.65 bits per heavy atom.